The van der Waals surface area contributed by atoms with Crippen LogP contribution in [0.15, 0.2) is 12.1 Å². The quantitative estimate of drug-likeness (QED) is 0.781. The fourth-order valence-electron chi connectivity index (χ4n) is 2.15. The molecule has 84 valence electrons. The van der Waals surface area contributed by atoms with Crippen LogP contribution in [-0.4, -0.2) is 14.2 Å². The Morgan fingerprint density at radius 1 is 1.31 bits per heavy atom. The van der Waals surface area contributed by atoms with Crippen LogP contribution in [0.4, 0.5) is 0 Å². The number of aryl methyl sites for hydroxylation is 1. The molecule has 1 fully saturated rings. The van der Waals surface area contributed by atoms with Gasteiger partial charge in [-0.1, -0.05) is 0 Å². The summed E-state index contributed by atoms with van der Waals surface area (Å²) in [7, 11) is 3.30. The van der Waals surface area contributed by atoms with Gasteiger partial charge in [0.15, 0.2) is 0 Å². The minimum Gasteiger partial charge on any atom is -0.497 e. The van der Waals surface area contributed by atoms with Crippen LogP contribution in [0.5, 0.6) is 11.5 Å². The SMILES string of the molecule is COc1cc(C)c(C2CC2C#N)c(OC)c1. The van der Waals surface area contributed by atoms with Crippen LogP contribution in [0.3, 0.4) is 0 Å². The predicted molar refractivity (Wildman–Crippen MR) is 60.7 cm³/mol. The number of hydrogen-bond acceptors (Lipinski definition) is 3. The normalized spacial score (nSPS) is 22.4. The Bertz CT molecular complexity index is 448. The van der Waals surface area contributed by atoms with E-state index in [1.165, 1.54) is 0 Å². The molecular formula is C13H15NO2. The molecule has 3 heteroatoms. The highest BCUT2D eigenvalue weighted by Gasteiger charge is 2.41. The van der Waals surface area contributed by atoms with E-state index >= 15 is 0 Å². The maximum absolute atomic E-state index is 8.88. The highest BCUT2D eigenvalue weighted by Crippen LogP contribution is 2.51. The topological polar surface area (TPSA) is 42.2 Å². The summed E-state index contributed by atoms with van der Waals surface area (Å²) >= 11 is 0. The first-order valence-electron chi connectivity index (χ1n) is 5.33. The van der Waals surface area contributed by atoms with Crippen LogP contribution < -0.4 is 9.47 Å². The summed E-state index contributed by atoms with van der Waals surface area (Å²) in [5, 5.41) is 8.88. The number of rotatable bonds is 3. The zero-order valence-corrected chi connectivity index (χ0v) is 9.78. The summed E-state index contributed by atoms with van der Waals surface area (Å²) in [5.74, 6) is 2.12. The molecule has 1 aromatic rings. The average molecular weight is 217 g/mol. The third-order valence-electron chi connectivity index (χ3n) is 3.11. The number of nitriles is 1. The molecule has 2 unspecified atom stereocenters. The number of ether oxygens (including phenoxy) is 2. The van der Waals surface area contributed by atoms with E-state index in [1.807, 2.05) is 19.1 Å². The molecule has 1 saturated carbocycles. The fraction of sp³-hybridized carbons (Fsp3) is 0.462. The molecule has 0 aromatic heterocycles. The van der Waals surface area contributed by atoms with Gasteiger partial charge in [-0.05, 0) is 25.0 Å². The lowest BCUT2D eigenvalue weighted by atomic mass is 10.0. The first-order chi connectivity index (χ1) is 7.71. The van der Waals surface area contributed by atoms with Crippen molar-refractivity contribution in [3.8, 4) is 17.6 Å². The van der Waals surface area contributed by atoms with Crippen LogP contribution in [0.25, 0.3) is 0 Å². The van der Waals surface area contributed by atoms with Crippen LogP contribution >= 0.6 is 0 Å². The maximum atomic E-state index is 8.88. The Morgan fingerprint density at radius 2 is 2.06 bits per heavy atom. The summed E-state index contributed by atoms with van der Waals surface area (Å²) in [6.07, 6.45) is 0.944. The fourth-order valence-corrected chi connectivity index (χ4v) is 2.15. The predicted octanol–water partition coefficient (Wildman–Crippen LogP) is 2.64. The third kappa shape index (κ3) is 1.71. The van der Waals surface area contributed by atoms with E-state index in [4.69, 9.17) is 14.7 Å². The Balaban J connectivity index is 2.41. The van der Waals surface area contributed by atoms with Crippen molar-refractivity contribution >= 4 is 0 Å². The summed E-state index contributed by atoms with van der Waals surface area (Å²) in [6.45, 7) is 2.03. The molecule has 2 atom stereocenters. The van der Waals surface area contributed by atoms with Gasteiger partial charge in [0.2, 0.25) is 0 Å². The molecular weight excluding hydrogens is 202 g/mol. The molecule has 0 spiro atoms. The second kappa shape index (κ2) is 4.05. The summed E-state index contributed by atoms with van der Waals surface area (Å²) in [4.78, 5) is 0. The molecule has 0 aliphatic heterocycles. The third-order valence-corrected chi connectivity index (χ3v) is 3.11. The van der Waals surface area contributed by atoms with E-state index in [0.717, 1.165) is 29.0 Å². The van der Waals surface area contributed by atoms with E-state index < -0.39 is 0 Å². The molecule has 16 heavy (non-hydrogen) atoms. The van der Waals surface area contributed by atoms with Gasteiger partial charge >= 0.3 is 0 Å². The van der Waals surface area contributed by atoms with Crippen molar-refractivity contribution in [3.05, 3.63) is 23.3 Å². The molecule has 3 nitrogen and oxygen atoms in total. The standard InChI is InChI=1S/C13H15NO2/c1-8-4-10(15-2)6-12(16-3)13(8)11-5-9(11)7-14/h4,6,9,11H,5H2,1-3H3. The van der Waals surface area contributed by atoms with Crippen LogP contribution in [0.2, 0.25) is 0 Å². The van der Waals surface area contributed by atoms with Gasteiger partial charge in [-0.15, -0.1) is 0 Å². The van der Waals surface area contributed by atoms with Gasteiger partial charge in [-0.3, -0.25) is 0 Å². The molecule has 0 N–H and O–H groups in total. The molecule has 0 bridgehead atoms. The van der Waals surface area contributed by atoms with Crippen molar-refractivity contribution < 1.29 is 9.47 Å². The molecule has 1 aromatic carbocycles. The second-order valence-corrected chi connectivity index (χ2v) is 4.14. The molecule has 0 radical (unpaired) electrons. The Kier molecular flexibility index (Phi) is 2.74. The van der Waals surface area contributed by atoms with Gasteiger partial charge in [0.1, 0.15) is 11.5 Å². The van der Waals surface area contributed by atoms with Gasteiger partial charge in [-0.2, -0.15) is 5.26 Å². The number of hydrogen-bond donors (Lipinski definition) is 0. The molecule has 0 saturated heterocycles. The lowest BCUT2D eigenvalue weighted by molar-refractivity contribution is 0.390. The minimum atomic E-state index is 0.154. The monoisotopic (exact) mass is 217 g/mol. The van der Waals surface area contributed by atoms with Crippen LogP contribution in [0, 0.1) is 24.2 Å². The molecule has 1 aliphatic carbocycles. The van der Waals surface area contributed by atoms with Crippen molar-refractivity contribution in [1.29, 1.82) is 5.26 Å². The summed E-state index contributed by atoms with van der Waals surface area (Å²) < 4.78 is 10.6. The first kappa shape index (κ1) is 10.8. The smallest absolute Gasteiger partial charge is 0.126 e. The van der Waals surface area contributed by atoms with Crippen molar-refractivity contribution in [3.63, 3.8) is 0 Å². The van der Waals surface area contributed by atoms with Gasteiger partial charge in [0.25, 0.3) is 0 Å². The van der Waals surface area contributed by atoms with Gasteiger partial charge in [0.05, 0.1) is 26.2 Å². The summed E-state index contributed by atoms with van der Waals surface area (Å²) in [5.41, 5.74) is 2.30. The Hall–Kier alpha value is -1.69. The molecule has 0 amide bonds. The van der Waals surface area contributed by atoms with E-state index in [-0.39, 0.29) is 5.92 Å². The van der Waals surface area contributed by atoms with Crippen molar-refractivity contribution in [1.82, 2.24) is 0 Å². The van der Waals surface area contributed by atoms with Crippen molar-refractivity contribution in [2.45, 2.75) is 19.3 Å². The first-order valence-corrected chi connectivity index (χ1v) is 5.33. The summed E-state index contributed by atoms with van der Waals surface area (Å²) in [6, 6.07) is 6.18. The zero-order valence-electron chi connectivity index (χ0n) is 9.78. The van der Waals surface area contributed by atoms with Gasteiger partial charge in [0, 0.05) is 17.5 Å². The Morgan fingerprint density at radius 3 is 2.56 bits per heavy atom. The number of nitrogens with zero attached hydrogens (tertiary/aromatic N) is 1. The van der Waals surface area contributed by atoms with Crippen molar-refractivity contribution in [2.24, 2.45) is 5.92 Å². The highest BCUT2D eigenvalue weighted by atomic mass is 16.5. The zero-order chi connectivity index (χ0) is 11.7. The molecule has 2 rings (SSSR count). The largest absolute Gasteiger partial charge is 0.497 e. The highest BCUT2D eigenvalue weighted by molar-refractivity contribution is 5.50. The van der Waals surface area contributed by atoms with Gasteiger partial charge < -0.3 is 9.47 Å². The van der Waals surface area contributed by atoms with E-state index in [9.17, 15) is 0 Å². The van der Waals surface area contributed by atoms with Crippen LogP contribution in [0.1, 0.15) is 23.5 Å². The van der Waals surface area contributed by atoms with E-state index in [2.05, 4.69) is 6.07 Å². The molecule has 0 heterocycles. The second-order valence-electron chi connectivity index (χ2n) is 4.14. The molecule has 1 aliphatic rings. The lowest BCUT2D eigenvalue weighted by Crippen LogP contribution is -1.96. The number of benzene rings is 1. The average Bonchev–Trinajstić information content (AvgIpc) is 3.06. The maximum Gasteiger partial charge on any atom is 0.126 e. The van der Waals surface area contributed by atoms with Crippen LogP contribution in [-0.2, 0) is 0 Å². The van der Waals surface area contributed by atoms with E-state index in [1.54, 1.807) is 14.2 Å². The van der Waals surface area contributed by atoms with Crippen molar-refractivity contribution in [2.75, 3.05) is 14.2 Å². The Labute approximate surface area is 95.6 Å². The lowest BCUT2D eigenvalue weighted by Gasteiger charge is -2.13. The number of methoxy groups -OCH3 is 2. The van der Waals surface area contributed by atoms with E-state index in [0.29, 0.717) is 5.92 Å². The van der Waals surface area contributed by atoms with Gasteiger partial charge in [-0.25, -0.2) is 0 Å². The minimum absolute atomic E-state index is 0.154.